The van der Waals surface area contributed by atoms with Gasteiger partial charge in [0.15, 0.2) is 0 Å². The molecule has 8 heteroatoms. The van der Waals surface area contributed by atoms with Gasteiger partial charge in [-0.05, 0) is 74.8 Å². The first-order valence-corrected chi connectivity index (χ1v) is 15.3. The molecule has 1 saturated heterocycles. The van der Waals surface area contributed by atoms with Gasteiger partial charge < -0.3 is 9.88 Å². The fraction of sp³-hybridized carbons (Fsp3) is 0.433. The molecule has 2 amide bonds. The van der Waals surface area contributed by atoms with E-state index in [0.29, 0.717) is 5.69 Å². The minimum atomic E-state index is -0.273. The Morgan fingerprint density at radius 3 is 2.24 bits per heavy atom. The molecular weight excluding hydrogens is 514 g/mol. The van der Waals surface area contributed by atoms with Crippen molar-refractivity contribution in [2.24, 2.45) is 29.6 Å². The molecule has 2 aliphatic carbocycles. The van der Waals surface area contributed by atoms with Crippen LogP contribution in [0.25, 0.3) is 0 Å². The van der Waals surface area contributed by atoms with Gasteiger partial charge in [-0.15, -0.1) is 11.8 Å². The summed E-state index contributed by atoms with van der Waals surface area (Å²) in [5.74, 6) is -0.0698. The van der Waals surface area contributed by atoms with E-state index < -0.39 is 0 Å². The number of thiazole rings is 1. The number of aromatic nitrogens is 1. The number of H-pyrrole nitrogens is 1. The maximum atomic E-state index is 13.9. The van der Waals surface area contributed by atoms with E-state index in [1.807, 2.05) is 31.2 Å². The molecule has 38 heavy (non-hydrogen) atoms. The molecular formula is C30H31N3O3S2. The van der Waals surface area contributed by atoms with Crippen LogP contribution in [0.5, 0.6) is 0 Å². The predicted molar refractivity (Wildman–Crippen MR) is 152 cm³/mol. The summed E-state index contributed by atoms with van der Waals surface area (Å²) < 4.78 is 0. The lowest BCUT2D eigenvalue weighted by Gasteiger charge is -2.43. The summed E-state index contributed by atoms with van der Waals surface area (Å²) in [6.07, 6.45) is 0.907. The number of anilines is 2. The van der Waals surface area contributed by atoms with Gasteiger partial charge in [-0.2, -0.15) is 0 Å². The number of thioether (sulfide) groups is 1. The third-order valence-corrected chi connectivity index (χ3v) is 12.0. The van der Waals surface area contributed by atoms with Gasteiger partial charge in [0.1, 0.15) is 0 Å². The van der Waals surface area contributed by atoms with Crippen LogP contribution in [0, 0.1) is 36.5 Å². The second-order valence-corrected chi connectivity index (χ2v) is 13.3. The molecule has 4 aliphatic rings. The zero-order valence-electron chi connectivity index (χ0n) is 21.7. The van der Waals surface area contributed by atoms with Crippen molar-refractivity contribution in [3.63, 3.8) is 0 Å². The number of rotatable bonds is 5. The number of fused-ring (bicyclic) bond motifs is 9. The van der Waals surface area contributed by atoms with E-state index in [-0.39, 0.29) is 57.4 Å². The molecule has 6 nitrogen and oxygen atoms in total. The molecule has 3 fully saturated rings. The first-order chi connectivity index (χ1) is 18.4. The van der Waals surface area contributed by atoms with Crippen molar-refractivity contribution in [1.82, 2.24) is 4.98 Å². The first-order valence-electron chi connectivity index (χ1n) is 13.6. The van der Waals surface area contributed by atoms with E-state index in [1.165, 1.54) is 27.5 Å². The largest absolute Gasteiger partial charge is 0.372 e. The maximum absolute atomic E-state index is 13.9. The van der Waals surface area contributed by atoms with Crippen LogP contribution in [0.1, 0.15) is 42.2 Å². The van der Waals surface area contributed by atoms with Crippen LogP contribution in [0.4, 0.5) is 11.4 Å². The van der Waals surface area contributed by atoms with Crippen molar-refractivity contribution < 1.29 is 9.59 Å². The van der Waals surface area contributed by atoms with Gasteiger partial charge in [-0.25, -0.2) is 0 Å². The smallest absolute Gasteiger partial charge is 0.305 e. The van der Waals surface area contributed by atoms with Gasteiger partial charge in [0.25, 0.3) is 0 Å². The number of aryl methyl sites for hydroxylation is 1. The van der Waals surface area contributed by atoms with Gasteiger partial charge in [0, 0.05) is 34.8 Å². The van der Waals surface area contributed by atoms with Gasteiger partial charge in [0.2, 0.25) is 11.8 Å². The Hall–Kier alpha value is -2.84. The highest BCUT2D eigenvalue weighted by Gasteiger charge is 2.69. The molecule has 2 aliphatic heterocycles. The summed E-state index contributed by atoms with van der Waals surface area (Å²) in [5.41, 5.74) is 4.18. The molecule has 2 aromatic carbocycles. The van der Waals surface area contributed by atoms with E-state index in [1.54, 1.807) is 11.8 Å². The molecule has 3 aromatic rings. The summed E-state index contributed by atoms with van der Waals surface area (Å²) in [5, 5.41) is 1.16. The maximum Gasteiger partial charge on any atom is 0.305 e. The second kappa shape index (κ2) is 8.85. The summed E-state index contributed by atoms with van der Waals surface area (Å²) >= 11 is 3.05. The SMILES string of the molecule is CCN(CC)c1ccc([C@H]2c3sc(=O)[nH]c3S[C@@H]3[C@@H]4C[C@H]([C@H]5C(=O)N(c6ccc(C)cc6)C(=O)[C@H]45)[C@@H]23)cc1. The lowest BCUT2D eigenvalue weighted by Crippen LogP contribution is -2.42. The van der Waals surface area contributed by atoms with E-state index in [4.69, 9.17) is 0 Å². The fourth-order valence-corrected chi connectivity index (χ4v) is 10.7. The highest BCUT2D eigenvalue weighted by atomic mass is 32.2. The van der Waals surface area contributed by atoms with Crippen LogP contribution in [-0.4, -0.2) is 35.1 Å². The number of carbonyl (C=O) groups excluding carboxylic acids is 2. The molecule has 3 heterocycles. The molecule has 0 spiro atoms. The number of aromatic amines is 1. The topological polar surface area (TPSA) is 73.5 Å². The van der Waals surface area contributed by atoms with Gasteiger partial charge in [0.05, 0.1) is 22.5 Å². The molecule has 7 rings (SSSR count). The number of nitrogens with zero attached hydrogens (tertiary/aromatic N) is 2. The van der Waals surface area contributed by atoms with Crippen LogP contribution in [0.3, 0.4) is 0 Å². The van der Waals surface area contributed by atoms with Crippen molar-refractivity contribution >= 4 is 46.3 Å². The highest BCUT2D eigenvalue weighted by Crippen LogP contribution is 2.68. The standard InChI is InChI=1S/C30H31N3O3S2/c1-4-32(5-2)17-12-8-16(9-13-17)21-22-19-14-20(25(22)37-27-26(21)38-30(36)31-27)24-23(19)28(34)33(29(24)35)18-10-6-15(3)7-11-18/h6-13,19-25H,4-5,14H2,1-3H3,(H,31,36)/t19-,20+,21+,22-,23+,24+,25+/m0/s1. The molecule has 0 radical (unpaired) electrons. The molecule has 7 atom stereocenters. The van der Waals surface area contributed by atoms with E-state index in [0.717, 1.165) is 35.0 Å². The van der Waals surface area contributed by atoms with Crippen LogP contribution < -0.4 is 14.7 Å². The average molecular weight is 546 g/mol. The second-order valence-electron chi connectivity index (χ2n) is 11.1. The zero-order chi connectivity index (χ0) is 26.3. The molecule has 196 valence electrons. The lowest BCUT2D eigenvalue weighted by molar-refractivity contribution is -0.123. The molecule has 1 aromatic heterocycles. The Morgan fingerprint density at radius 2 is 1.58 bits per heavy atom. The summed E-state index contributed by atoms with van der Waals surface area (Å²) in [6, 6.07) is 16.5. The van der Waals surface area contributed by atoms with Crippen molar-refractivity contribution in [1.29, 1.82) is 0 Å². The predicted octanol–water partition coefficient (Wildman–Crippen LogP) is 5.27. The summed E-state index contributed by atoms with van der Waals surface area (Å²) in [6.45, 7) is 8.23. The van der Waals surface area contributed by atoms with Crippen molar-refractivity contribution in [2.45, 2.75) is 43.4 Å². The Labute approximate surface area is 230 Å². The van der Waals surface area contributed by atoms with E-state index >= 15 is 0 Å². The monoisotopic (exact) mass is 545 g/mol. The number of amides is 2. The van der Waals surface area contributed by atoms with E-state index in [2.05, 4.69) is 48.0 Å². The summed E-state index contributed by atoms with van der Waals surface area (Å²) in [7, 11) is 0. The van der Waals surface area contributed by atoms with Crippen LogP contribution in [0.2, 0.25) is 0 Å². The fourth-order valence-electron chi connectivity index (χ4n) is 7.82. The number of benzene rings is 2. The number of nitrogens with one attached hydrogen (secondary N) is 1. The van der Waals surface area contributed by atoms with Crippen LogP contribution >= 0.6 is 23.1 Å². The van der Waals surface area contributed by atoms with Crippen molar-refractivity contribution in [3.8, 4) is 0 Å². The third kappa shape index (κ3) is 3.35. The normalized spacial score (nSPS) is 30.9. The average Bonchev–Trinajstić information content (AvgIpc) is 3.65. The molecule has 1 N–H and O–H groups in total. The molecule has 2 saturated carbocycles. The molecule has 2 bridgehead atoms. The summed E-state index contributed by atoms with van der Waals surface area (Å²) in [4.78, 5) is 48.1. The van der Waals surface area contributed by atoms with Crippen LogP contribution in [-0.2, 0) is 9.59 Å². The lowest BCUT2D eigenvalue weighted by atomic mass is 9.68. The van der Waals surface area contributed by atoms with Gasteiger partial charge in [-0.3, -0.25) is 19.3 Å². The third-order valence-electron chi connectivity index (χ3n) is 9.40. The van der Waals surface area contributed by atoms with Crippen molar-refractivity contribution in [2.75, 3.05) is 22.9 Å². The van der Waals surface area contributed by atoms with Crippen molar-refractivity contribution in [3.05, 3.63) is 74.2 Å². The van der Waals surface area contributed by atoms with Gasteiger partial charge >= 0.3 is 4.87 Å². The minimum Gasteiger partial charge on any atom is -0.372 e. The van der Waals surface area contributed by atoms with Crippen LogP contribution in [0.15, 0.2) is 58.4 Å². The number of hydrogen-bond acceptors (Lipinski definition) is 6. The number of hydrogen-bond donors (Lipinski definition) is 1. The number of carbonyl (C=O) groups is 2. The van der Waals surface area contributed by atoms with Gasteiger partial charge in [-0.1, -0.05) is 41.2 Å². The Balaban J connectivity index is 1.28. The molecule has 0 unspecified atom stereocenters. The highest BCUT2D eigenvalue weighted by molar-refractivity contribution is 8.00. The van der Waals surface area contributed by atoms with E-state index in [9.17, 15) is 14.4 Å². The Bertz CT molecular complexity index is 1470. The zero-order valence-corrected chi connectivity index (χ0v) is 23.4. The first kappa shape index (κ1) is 24.2. The Kier molecular flexibility index (Phi) is 5.64. The minimum absolute atomic E-state index is 0.0301. The number of imide groups is 1. The quantitative estimate of drug-likeness (QED) is 0.443. The Morgan fingerprint density at radius 1 is 0.921 bits per heavy atom.